The molecule has 0 saturated carbocycles. The fourth-order valence-electron chi connectivity index (χ4n) is 2.02. The lowest BCUT2D eigenvalue weighted by Gasteiger charge is -2.14. The molecule has 0 heterocycles. The first-order valence-corrected chi connectivity index (χ1v) is 7.47. The van der Waals surface area contributed by atoms with Gasteiger partial charge >= 0.3 is 0 Å². The van der Waals surface area contributed by atoms with Gasteiger partial charge in [0.1, 0.15) is 11.5 Å². The van der Waals surface area contributed by atoms with Crippen molar-refractivity contribution in [3.05, 3.63) is 57.6 Å². The van der Waals surface area contributed by atoms with Crippen LogP contribution in [0.4, 0.5) is 0 Å². The normalized spacial score (nSPS) is 11.8. The number of nitrogens with zero attached hydrogens (tertiary/aromatic N) is 1. The molecule has 2 aromatic rings. The lowest BCUT2D eigenvalue weighted by molar-refractivity contribution is 0.481. The van der Waals surface area contributed by atoms with Gasteiger partial charge in [-0.3, -0.25) is 0 Å². The molecule has 0 bridgehead atoms. The van der Waals surface area contributed by atoms with Gasteiger partial charge < -0.3 is 4.74 Å². The third-order valence-electron chi connectivity index (χ3n) is 3.41. The molecule has 1 unspecified atom stereocenters. The Labute approximate surface area is 134 Å². The minimum atomic E-state index is 0.295. The average molecular weight is 320 g/mol. The molecule has 0 aliphatic heterocycles. The zero-order valence-electron chi connectivity index (χ0n) is 11.9. The molecule has 0 aromatic heterocycles. The fraction of sp³-hybridized carbons (Fsp3) is 0.235. The van der Waals surface area contributed by atoms with Crippen LogP contribution in [0.3, 0.4) is 0 Å². The maximum absolute atomic E-state index is 9.19. The van der Waals surface area contributed by atoms with Crippen molar-refractivity contribution in [2.45, 2.75) is 26.2 Å². The Hall–Kier alpha value is -1.69. The lowest BCUT2D eigenvalue weighted by atomic mass is 9.94. The first-order chi connectivity index (χ1) is 10.0. The van der Waals surface area contributed by atoms with Crippen LogP contribution in [0.5, 0.6) is 11.5 Å². The lowest BCUT2D eigenvalue weighted by Crippen LogP contribution is -1.97. The standard InChI is InChI=1S/C17H15Cl2NO/c1-3-11(2)15-9-14(6-4-12(15)10-20)21-17-7-5-13(18)8-16(17)19/h4-9,11H,3H2,1-2H3. The third kappa shape index (κ3) is 3.69. The highest BCUT2D eigenvalue weighted by Gasteiger charge is 2.12. The van der Waals surface area contributed by atoms with Gasteiger partial charge in [0, 0.05) is 5.02 Å². The van der Waals surface area contributed by atoms with Crippen molar-refractivity contribution in [3.63, 3.8) is 0 Å². The second-order valence-corrected chi connectivity index (χ2v) is 5.69. The molecule has 1 atom stereocenters. The molecule has 0 N–H and O–H groups in total. The van der Waals surface area contributed by atoms with E-state index >= 15 is 0 Å². The Bertz CT molecular complexity index is 692. The van der Waals surface area contributed by atoms with Gasteiger partial charge in [-0.2, -0.15) is 5.26 Å². The molecule has 4 heteroatoms. The van der Waals surface area contributed by atoms with Gasteiger partial charge in [-0.05, 0) is 54.3 Å². The van der Waals surface area contributed by atoms with Crippen LogP contribution >= 0.6 is 23.2 Å². The summed E-state index contributed by atoms with van der Waals surface area (Å²) >= 11 is 12.0. The summed E-state index contributed by atoms with van der Waals surface area (Å²) in [4.78, 5) is 0. The van der Waals surface area contributed by atoms with Crippen molar-refractivity contribution < 1.29 is 4.74 Å². The number of benzene rings is 2. The van der Waals surface area contributed by atoms with Gasteiger partial charge in [-0.25, -0.2) is 0 Å². The maximum atomic E-state index is 9.19. The van der Waals surface area contributed by atoms with Crippen LogP contribution in [-0.4, -0.2) is 0 Å². The van der Waals surface area contributed by atoms with E-state index in [-0.39, 0.29) is 0 Å². The van der Waals surface area contributed by atoms with Gasteiger partial charge in [-0.15, -0.1) is 0 Å². The van der Waals surface area contributed by atoms with E-state index in [0.717, 1.165) is 12.0 Å². The van der Waals surface area contributed by atoms with Crippen LogP contribution in [0.1, 0.15) is 37.3 Å². The van der Waals surface area contributed by atoms with Crippen LogP contribution < -0.4 is 4.74 Å². The van der Waals surface area contributed by atoms with E-state index in [1.165, 1.54) is 0 Å². The largest absolute Gasteiger partial charge is 0.456 e. The van der Waals surface area contributed by atoms with E-state index in [4.69, 9.17) is 27.9 Å². The predicted octanol–water partition coefficient (Wildman–Crippen LogP) is 6.17. The number of rotatable bonds is 4. The first-order valence-electron chi connectivity index (χ1n) is 6.72. The van der Waals surface area contributed by atoms with Crippen LogP contribution in [-0.2, 0) is 0 Å². The van der Waals surface area contributed by atoms with Crippen LogP contribution in [0.2, 0.25) is 10.0 Å². The molecule has 0 aliphatic carbocycles. The summed E-state index contributed by atoms with van der Waals surface area (Å²) in [6.45, 7) is 4.19. The Morgan fingerprint density at radius 2 is 1.95 bits per heavy atom. The van der Waals surface area contributed by atoms with Crippen LogP contribution in [0, 0.1) is 11.3 Å². The van der Waals surface area contributed by atoms with Gasteiger partial charge in [0.15, 0.2) is 0 Å². The minimum absolute atomic E-state index is 0.295. The Morgan fingerprint density at radius 3 is 2.57 bits per heavy atom. The van der Waals surface area contributed by atoms with Gasteiger partial charge in [0.25, 0.3) is 0 Å². The second kappa shape index (κ2) is 6.85. The topological polar surface area (TPSA) is 33.0 Å². The zero-order chi connectivity index (χ0) is 15.4. The summed E-state index contributed by atoms with van der Waals surface area (Å²) in [5.41, 5.74) is 1.67. The molecule has 2 nitrogen and oxygen atoms in total. The molecule has 0 radical (unpaired) electrons. The van der Waals surface area contributed by atoms with E-state index in [1.807, 2.05) is 6.07 Å². The predicted molar refractivity (Wildman–Crippen MR) is 86.4 cm³/mol. The minimum Gasteiger partial charge on any atom is -0.456 e. The second-order valence-electron chi connectivity index (χ2n) is 4.85. The molecular weight excluding hydrogens is 305 g/mol. The summed E-state index contributed by atoms with van der Waals surface area (Å²) in [6.07, 6.45) is 0.958. The van der Waals surface area contributed by atoms with Crippen molar-refractivity contribution in [1.82, 2.24) is 0 Å². The summed E-state index contributed by atoms with van der Waals surface area (Å²) in [6, 6.07) is 12.8. The number of nitriles is 1. The Balaban J connectivity index is 2.35. The van der Waals surface area contributed by atoms with E-state index < -0.39 is 0 Å². The van der Waals surface area contributed by atoms with Gasteiger partial charge in [0.2, 0.25) is 0 Å². The van der Waals surface area contributed by atoms with E-state index in [9.17, 15) is 5.26 Å². The Kier molecular flexibility index (Phi) is 5.12. The molecule has 0 aliphatic rings. The molecule has 108 valence electrons. The Morgan fingerprint density at radius 1 is 1.19 bits per heavy atom. The third-order valence-corrected chi connectivity index (χ3v) is 3.94. The van der Waals surface area contributed by atoms with Gasteiger partial charge in [-0.1, -0.05) is 37.0 Å². The number of hydrogen-bond donors (Lipinski definition) is 0. The number of halogens is 2. The highest BCUT2D eigenvalue weighted by Crippen LogP contribution is 2.33. The monoisotopic (exact) mass is 319 g/mol. The summed E-state index contributed by atoms with van der Waals surface area (Å²) in [5, 5.41) is 10.2. The van der Waals surface area contributed by atoms with Crippen molar-refractivity contribution in [1.29, 1.82) is 5.26 Å². The average Bonchev–Trinajstić information content (AvgIpc) is 2.49. The highest BCUT2D eigenvalue weighted by molar-refractivity contribution is 6.35. The maximum Gasteiger partial charge on any atom is 0.146 e. The van der Waals surface area contributed by atoms with Crippen LogP contribution in [0.15, 0.2) is 36.4 Å². The smallest absolute Gasteiger partial charge is 0.146 e. The van der Waals surface area contributed by atoms with Crippen molar-refractivity contribution in [3.8, 4) is 17.6 Å². The summed E-state index contributed by atoms with van der Waals surface area (Å²) < 4.78 is 5.80. The quantitative estimate of drug-likeness (QED) is 0.675. The van der Waals surface area contributed by atoms with Crippen molar-refractivity contribution in [2.24, 2.45) is 0 Å². The molecule has 2 aromatic carbocycles. The zero-order valence-corrected chi connectivity index (χ0v) is 13.4. The number of ether oxygens (including phenoxy) is 1. The van der Waals surface area contributed by atoms with E-state index in [2.05, 4.69) is 19.9 Å². The molecule has 21 heavy (non-hydrogen) atoms. The SMILES string of the molecule is CCC(C)c1cc(Oc2ccc(Cl)cc2Cl)ccc1C#N. The van der Waals surface area contributed by atoms with Crippen molar-refractivity contribution >= 4 is 23.2 Å². The molecule has 0 fully saturated rings. The molecule has 0 amide bonds. The fourth-order valence-corrected chi connectivity index (χ4v) is 2.47. The highest BCUT2D eigenvalue weighted by atomic mass is 35.5. The van der Waals surface area contributed by atoms with E-state index in [0.29, 0.717) is 33.0 Å². The molecule has 2 rings (SSSR count). The van der Waals surface area contributed by atoms with E-state index in [1.54, 1.807) is 30.3 Å². The first kappa shape index (κ1) is 15.7. The van der Waals surface area contributed by atoms with Gasteiger partial charge in [0.05, 0.1) is 16.7 Å². The van der Waals surface area contributed by atoms with Crippen LogP contribution in [0.25, 0.3) is 0 Å². The molecule has 0 saturated heterocycles. The summed E-state index contributed by atoms with van der Waals surface area (Å²) in [5.74, 6) is 1.50. The molecular formula is C17H15Cl2NO. The molecule has 0 spiro atoms. The van der Waals surface area contributed by atoms with Crippen molar-refractivity contribution in [2.75, 3.05) is 0 Å². The number of hydrogen-bond acceptors (Lipinski definition) is 2. The summed E-state index contributed by atoms with van der Waals surface area (Å²) in [7, 11) is 0.